The monoisotopic (exact) mass is 247 g/mol. The zero-order chi connectivity index (χ0) is 13.2. The molecule has 18 heavy (non-hydrogen) atoms. The van der Waals surface area contributed by atoms with Crippen LogP contribution < -0.4 is 5.32 Å². The summed E-state index contributed by atoms with van der Waals surface area (Å²) in [6.45, 7) is 8.50. The number of rotatable bonds is 4. The van der Waals surface area contributed by atoms with Crippen molar-refractivity contribution in [3.05, 3.63) is 34.9 Å². The van der Waals surface area contributed by atoms with Gasteiger partial charge in [0.25, 0.3) is 0 Å². The van der Waals surface area contributed by atoms with Crippen LogP contribution >= 0.6 is 0 Å². The number of hydrogen-bond acceptors (Lipinski definition) is 2. The summed E-state index contributed by atoms with van der Waals surface area (Å²) in [5.41, 5.74) is 4.46. The second kappa shape index (κ2) is 5.41. The molecule has 1 fully saturated rings. The highest BCUT2D eigenvalue weighted by atomic mass is 16.5. The Bertz CT molecular complexity index is 416. The highest BCUT2D eigenvalue weighted by Crippen LogP contribution is 2.37. The first-order chi connectivity index (χ1) is 8.57. The Morgan fingerprint density at radius 3 is 2.67 bits per heavy atom. The van der Waals surface area contributed by atoms with Crippen LogP contribution in [0.1, 0.15) is 30.0 Å². The lowest BCUT2D eigenvalue weighted by atomic mass is 9.76. The molecule has 0 aromatic heterocycles. The minimum Gasteiger partial charge on any atom is -0.378 e. The zero-order valence-corrected chi connectivity index (χ0v) is 12.0. The summed E-state index contributed by atoms with van der Waals surface area (Å²) in [5, 5.41) is 3.35. The maximum atomic E-state index is 5.81. The SMILES string of the molecule is CNCC1(Cc2ccc(C)c(C)c2)CCOC1C. The van der Waals surface area contributed by atoms with E-state index in [0.29, 0.717) is 6.10 Å². The van der Waals surface area contributed by atoms with Crippen LogP contribution in [0.3, 0.4) is 0 Å². The van der Waals surface area contributed by atoms with Crippen LogP contribution in [0.2, 0.25) is 0 Å². The quantitative estimate of drug-likeness (QED) is 0.883. The van der Waals surface area contributed by atoms with Crippen molar-refractivity contribution in [2.75, 3.05) is 20.2 Å². The van der Waals surface area contributed by atoms with Gasteiger partial charge in [0.15, 0.2) is 0 Å². The Morgan fingerprint density at radius 2 is 2.11 bits per heavy atom. The van der Waals surface area contributed by atoms with Gasteiger partial charge in [0.1, 0.15) is 0 Å². The van der Waals surface area contributed by atoms with Crippen molar-refractivity contribution < 1.29 is 4.74 Å². The number of benzene rings is 1. The van der Waals surface area contributed by atoms with Gasteiger partial charge in [-0.15, -0.1) is 0 Å². The molecule has 2 rings (SSSR count). The smallest absolute Gasteiger partial charge is 0.0619 e. The van der Waals surface area contributed by atoms with Gasteiger partial charge < -0.3 is 10.1 Å². The Hall–Kier alpha value is -0.860. The van der Waals surface area contributed by atoms with E-state index < -0.39 is 0 Å². The lowest BCUT2D eigenvalue weighted by Gasteiger charge is -2.32. The van der Waals surface area contributed by atoms with Gasteiger partial charge in [0.2, 0.25) is 0 Å². The Labute approximate surface area is 111 Å². The second-order valence-electron chi connectivity index (χ2n) is 5.75. The largest absolute Gasteiger partial charge is 0.378 e. The summed E-state index contributed by atoms with van der Waals surface area (Å²) in [7, 11) is 2.03. The third kappa shape index (κ3) is 2.60. The van der Waals surface area contributed by atoms with E-state index >= 15 is 0 Å². The fourth-order valence-electron chi connectivity index (χ4n) is 3.02. The van der Waals surface area contributed by atoms with Crippen molar-refractivity contribution in [3.8, 4) is 0 Å². The summed E-state index contributed by atoms with van der Waals surface area (Å²) < 4.78 is 5.81. The molecule has 0 spiro atoms. The van der Waals surface area contributed by atoms with E-state index in [0.717, 1.165) is 26.0 Å². The van der Waals surface area contributed by atoms with Gasteiger partial charge >= 0.3 is 0 Å². The minimum absolute atomic E-state index is 0.260. The molecule has 2 heteroatoms. The van der Waals surface area contributed by atoms with Gasteiger partial charge in [-0.2, -0.15) is 0 Å². The van der Waals surface area contributed by atoms with Crippen LogP contribution in [0.4, 0.5) is 0 Å². The topological polar surface area (TPSA) is 21.3 Å². The average molecular weight is 247 g/mol. The fourth-order valence-corrected chi connectivity index (χ4v) is 3.02. The molecule has 0 radical (unpaired) electrons. The Balaban J connectivity index is 2.21. The molecule has 0 aliphatic carbocycles. The molecule has 0 amide bonds. The van der Waals surface area contributed by atoms with Crippen molar-refractivity contribution in [2.24, 2.45) is 5.41 Å². The number of aryl methyl sites for hydroxylation is 2. The van der Waals surface area contributed by atoms with E-state index in [-0.39, 0.29) is 5.41 Å². The van der Waals surface area contributed by atoms with Crippen molar-refractivity contribution >= 4 is 0 Å². The third-order valence-corrected chi connectivity index (χ3v) is 4.49. The van der Waals surface area contributed by atoms with Gasteiger partial charge in [-0.25, -0.2) is 0 Å². The number of hydrogen-bond donors (Lipinski definition) is 1. The molecule has 0 saturated carbocycles. The highest BCUT2D eigenvalue weighted by molar-refractivity contribution is 5.30. The molecule has 1 aliphatic heterocycles. The van der Waals surface area contributed by atoms with Crippen molar-refractivity contribution in [3.63, 3.8) is 0 Å². The van der Waals surface area contributed by atoms with Crippen LogP contribution in [0, 0.1) is 19.3 Å². The Kier molecular flexibility index (Phi) is 4.08. The molecule has 2 atom stereocenters. The van der Waals surface area contributed by atoms with Gasteiger partial charge in [-0.05, 0) is 57.4 Å². The van der Waals surface area contributed by atoms with E-state index in [4.69, 9.17) is 4.74 Å². The van der Waals surface area contributed by atoms with Gasteiger partial charge in [-0.3, -0.25) is 0 Å². The summed E-state index contributed by atoms with van der Waals surface area (Å²) in [5.74, 6) is 0. The number of ether oxygens (including phenoxy) is 1. The maximum Gasteiger partial charge on any atom is 0.0619 e. The standard InChI is InChI=1S/C16H25NO/c1-12-5-6-15(9-13(12)2)10-16(11-17-4)7-8-18-14(16)3/h5-6,9,14,17H,7-8,10-11H2,1-4H3. The first-order valence-corrected chi connectivity index (χ1v) is 6.90. The van der Waals surface area contributed by atoms with E-state index in [9.17, 15) is 0 Å². The molecular weight excluding hydrogens is 222 g/mol. The summed E-state index contributed by atoms with van der Waals surface area (Å²) in [6, 6.07) is 6.83. The summed E-state index contributed by atoms with van der Waals surface area (Å²) in [4.78, 5) is 0. The van der Waals surface area contributed by atoms with Crippen LogP contribution in [-0.2, 0) is 11.2 Å². The van der Waals surface area contributed by atoms with E-state index in [1.54, 1.807) is 0 Å². The van der Waals surface area contributed by atoms with Crippen LogP contribution in [0.15, 0.2) is 18.2 Å². The normalized spacial score (nSPS) is 27.7. The minimum atomic E-state index is 0.260. The van der Waals surface area contributed by atoms with Crippen molar-refractivity contribution in [1.29, 1.82) is 0 Å². The lowest BCUT2D eigenvalue weighted by Crippen LogP contribution is -2.40. The number of nitrogens with one attached hydrogen (secondary N) is 1. The average Bonchev–Trinajstić information content (AvgIpc) is 2.66. The van der Waals surface area contributed by atoms with Crippen LogP contribution in [0.5, 0.6) is 0 Å². The van der Waals surface area contributed by atoms with E-state index in [2.05, 4.69) is 44.3 Å². The molecule has 100 valence electrons. The maximum absolute atomic E-state index is 5.81. The molecule has 1 heterocycles. The molecule has 1 N–H and O–H groups in total. The predicted molar refractivity (Wildman–Crippen MR) is 76.0 cm³/mol. The first-order valence-electron chi connectivity index (χ1n) is 6.90. The Morgan fingerprint density at radius 1 is 1.33 bits per heavy atom. The van der Waals surface area contributed by atoms with Gasteiger partial charge in [0.05, 0.1) is 6.10 Å². The molecule has 1 aliphatic rings. The third-order valence-electron chi connectivity index (χ3n) is 4.49. The molecular formula is C16H25NO. The highest BCUT2D eigenvalue weighted by Gasteiger charge is 2.40. The van der Waals surface area contributed by atoms with E-state index in [1.165, 1.54) is 16.7 Å². The van der Waals surface area contributed by atoms with Gasteiger partial charge in [-0.1, -0.05) is 18.2 Å². The van der Waals surface area contributed by atoms with Crippen LogP contribution in [0.25, 0.3) is 0 Å². The molecule has 1 aromatic rings. The summed E-state index contributed by atoms with van der Waals surface area (Å²) >= 11 is 0. The summed E-state index contributed by atoms with van der Waals surface area (Å²) in [6.07, 6.45) is 2.60. The molecule has 2 nitrogen and oxygen atoms in total. The fraction of sp³-hybridized carbons (Fsp3) is 0.625. The molecule has 1 aromatic carbocycles. The molecule has 1 saturated heterocycles. The molecule has 2 unspecified atom stereocenters. The second-order valence-corrected chi connectivity index (χ2v) is 5.75. The van der Waals surface area contributed by atoms with Crippen LogP contribution in [-0.4, -0.2) is 26.3 Å². The van der Waals surface area contributed by atoms with Crippen molar-refractivity contribution in [2.45, 2.75) is 39.7 Å². The predicted octanol–water partition coefficient (Wildman–Crippen LogP) is 2.86. The van der Waals surface area contributed by atoms with Crippen molar-refractivity contribution in [1.82, 2.24) is 5.32 Å². The lowest BCUT2D eigenvalue weighted by molar-refractivity contribution is 0.0640. The first kappa shape index (κ1) is 13.6. The molecule has 0 bridgehead atoms. The van der Waals surface area contributed by atoms with E-state index in [1.807, 2.05) is 7.05 Å². The zero-order valence-electron chi connectivity index (χ0n) is 12.0. The van der Waals surface area contributed by atoms with Gasteiger partial charge in [0, 0.05) is 18.6 Å².